The van der Waals surface area contributed by atoms with Crippen molar-refractivity contribution in [1.29, 1.82) is 0 Å². The highest BCUT2D eigenvalue weighted by Crippen LogP contribution is 2.43. The van der Waals surface area contributed by atoms with Crippen molar-refractivity contribution in [2.45, 2.75) is 6.42 Å². The number of hydrogen-bond donors (Lipinski definition) is 0. The molecule has 5 aromatic carbocycles. The van der Waals surface area contributed by atoms with Gasteiger partial charge in [-0.2, -0.15) is 0 Å². The molecule has 1 heteroatoms. The zero-order chi connectivity index (χ0) is 22.2. The maximum absolute atomic E-state index is 2.27. The molecule has 0 fully saturated rings. The average molecular weight is 424 g/mol. The van der Waals surface area contributed by atoms with Crippen molar-refractivity contribution < 1.29 is 0 Å². The number of para-hydroxylation sites is 1. The van der Waals surface area contributed by atoms with Crippen LogP contribution in [0.1, 0.15) is 11.1 Å². The van der Waals surface area contributed by atoms with Gasteiger partial charge in [-0.15, -0.1) is 0 Å². The number of rotatable bonds is 4. The second-order valence-corrected chi connectivity index (χ2v) is 8.66. The van der Waals surface area contributed by atoms with Gasteiger partial charge in [0.1, 0.15) is 0 Å². The molecule has 1 aliphatic rings. The number of nitrogens with zero attached hydrogens (tertiary/aromatic N) is 1. The number of anilines is 2. The Bertz CT molecular complexity index is 1430. The Hall–Kier alpha value is -4.10. The van der Waals surface area contributed by atoms with Gasteiger partial charge in [-0.1, -0.05) is 103 Å². The van der Waals surface area contributed by atoms with E-state index in [0.29, 0.717) is 0 Å². The highest BCUT2D eigenvalue weighted by molar-refractivity contribution is 5.91. The van der Waals surface area contributed by atoms with Crippen LogP contribution in [0.4, 0.5) is 11.4 Å². The van der Waals surface area contributed by atoms with Crippen LogP contribution in [0.5, 0.6) is 0 Å². The molecule has 0 aromatic heterocycles. The molecule has 0 N–H and O–H groups in total. The summed E-state index contributed by atoms with van der Waals surface area (Å²) >= 11 is 0. The lowest BCUT2D eigenvalue weighted by molar-refractivity contribution is 1.21. The van der Waals surface area contributed by atoms with Crippen LogP contribution in [0.2, 0.25) is 0 Å². The fourth-order valence-electron chi connectivity index (χ4n) is 5.06. The van der Waals surface area contributed by atoms with Gasteiger partial charge in [0.25, 0.3) is 0 Å². The third kappa shape index (κ3) is 3.43. The third-order valence-electron chi connectivity index (χ3n) is 6.73. The quantitative estimate of drug-likeness (QED) is 0.275. The van der Waals surface area contributed by atoms with E-state index in [1.165, 1.54) is 55.9 Å². The molecule has 0 unspecified atom stereocenters. The first-order chi connectivity index (χ1) is 16.3. The summed E-state index contributed by atoms with van der Waals surface area (Å²) in [4.78, 5) is 2.27. The zero-order valence-corrected chi connectivity index (χ0v) is 18.7. The van der Waals surface area contributed by atoms with Gasteiger partial charge in [0.05, 0.1) is 0 Å². The molecule has 0 heterocycles. The van der Waals surface area contributed by atoms with Gasteiger partial charge in [0, 0.05) is 24.0 Å². The molecular formula is C32H25N. The molecule has 0 amide bonds. The first kappa shape index (κ1) is 19.6. The van der Waals surface area contributed by atoms with E-state index in [-0.39, 0.29) is 0 Å². The van der Waals surface area contributed by atoms with Crippen LogP contribution in [0.3, 0.4) is 0 Å². The smallest absolute Gasteiger partial charge is 0.0487 e. The molecule has 33 heavy (non-hydrogen) atoms. The summed E-state index contributed by atoms with van der Waals surface area (Å²) in [6, 6.07) is 43.7. The Labute approximate surface area is 195 Å². The SMILES string of the molecule is CN(c1ccc(-c2cccc3c2-c2ccccc2C3)cc1)c1ccccc1-c1ccccc1. The minimum atomic E-state index is 1.02. The molecule has 5 aromatic rings. The predicted molar refractivity (Wildman–Crippen MR) is 140 cm³/mol. The summed E-state index contributed by atoms with van der Waals surface area (Å²) in [7, 11) is 2.15. The normalized spacial score (nSPS) is 11.7. The molecule has 1 aliphatic carbocycles. The Balaban J connectivity index is 1.37. The van der Waals surface area contributed by atoms with Crippen LogP contribution in [-0.2, 0) is 6.42 Å². The second kappa shape index (κ2) is 8.11. The summed E-state index contributed by atoms with van der Waals surface area (Å²) in [6.45, 7) is 0. The van der Waals surface area contributed by atoms with Crippen molar-refractivity contribution in [3.8, 4) is 33.4 Å². The highest BCUT2D eigenvalue weighted by atomic mass is 15.1. The molecule has 0 aliphatic heterocycles. The molecule has 158 valence electrons. The van der Waals surface area contributed by atoms with Gasteiger partial charge in [0.2, 0.25) is 0 Å². The summed E-state index contributed by atoms with van der Waals surface area (Å²) in [5, 5.41) is 0. The Morgan fingerprint density at radius 2 is 1.09 bits per heavy atom. The van der Waals surface area contributed by atoms with Crippen LogP contribution < -0.4 is 4.90 Å². The largest absolute Gasteiger partial charge is 0.344 e. The number of benzene rings is 5. The van der Waals surface area contributed by atoms with E-state index in [1.54, 1.807) is 0 Å². The Morgan fingerprint density at radius 3 is 1.91 bits per heavy atom. The van der Waals surface area contributed by atoms with E-state index in [9.17, 15) is 0 Å². The van der Waals surface area contributed by atoms with Gasteiger partial charge in [-0.3, -0.25) is 0 Å². The molecular weight excluding hydrogens is 398 g/mol. The molecule has 0 spiro atoms. The lowest BCUT2D eigenvalue weighted by atomic mass is 9.94. The standard InChI is InChI=1S/C32H25N/c1-33(31-17-8-7-14-28(31)23-10-3-2-4-11-23)27-20-18-24(19-21-27)29-16-9-13-26-22-25-12-5-6-15-30(25)32(26)29/h2-21H,22H2,1H3. The molecule has 0 saturated carbocycles. The van der Waals surface area contributed by atoms with Crippen molar-refractivity contribution in [2.24, 2.45) is 0 Å². The second-order valence-electron chi connectivity index (χ2n) is 8.66. The molecule has 1 nitrogen and oxygen atoms in total. The van der Waals surface area contributed by atoms with E-state index in [0.717, 1.165) is 6.42 Å². The first-order valence-electron chi connectivity index (χ1n) is 11.5. The summed E-state index contributed by atoms with van der Waals surface area (Å²) in [5.41, 5.74) is 13.0. The van der Waals surface area contributed by atoms with Crippen LogP contribution in [-0.4, -0.2) is 7.05 Å². The van der Waals surface area contributed by atoms with Crippen molar-refractivity contribution in [2.75, 3.05) is 11.9 Å². The number of hydrogen-bond acceptors (Lipinski definition) is 1. The predicted octanol–water partition coefficient (Wildman–Crippen LogP) is 8.36. The lowest BCUT2D eigenvalue weighted by Gasteiger charge is -2.23. The average Bonchev–Trinajstić information content (AvgIpc) is 3.28. The molecule has 0 bridgehead atoms. The summed E-state index contributed by atoms with van der Waals surface area (Å²) in [6.07, 6.45) is 1.02. The first-order valence-corrected chi connectivity index (χ1v) is 11.5. The Kier molecular flexibility index (Phi) is 4.81. The topological polar surface area (TPSA) is 3.24 Å². The third-order valence-corrected chi connectivity index (χ3v) is 6.73. The fraction of sp³-hybridized carbons (Fsp3) is 0.0625. The molecule has 0 saturated heterocycles. The zero-order valence-electron chi connectivity index (χ0n) is 18.7. The van der Waals surface area contributed by atoms with Crippen molar-refractivity contribution in [3.05, 3.63) is 132 Å². The van der Waals surface area contributed by atoms with Crippen LogP contribution in [0, 0.1) is 0 Å². The minimum absolute atomic E-state index is 1.02. The van der Waals surface area contributed by atoms with E-state index in [2.05, 4.69) is 133 Å². The Morgan fingerprint density at radius 1 is 0.485 bits per heavy atom. The molecule has 0 radical (unpaired) electrons. The van der Waals surface area contributed by atoms with Crippen LogP contribution in [0.25, 0.3) is 33.4 Å². The van der Waals surface area contributed by atoms with Gasteiger partial charge in [-0.25, -0.2) is 0 Å². The lowest BCUT2D eigenvalue weighted by Crippen LogP contribution is -2.10. The molecule has 6 rings (SSSR count). The van der Waals surface area contributed by atoms with Gasteiger partial charge in [-0.05, 0) is 63.6 Å². The van der Waals surface area contributed by atoms with Crippen LogP contribution in [0.15, 0.2) is 121 Å². The molecule has 0 atom stereocenters. The van der Waals surface area contributed by atoms with Crippen LogP contribution >= 0.6 is 0 Å². The van der Waals surface area contributed by atoms with E-state index in [4.69, 9.17) is 0 Å². The van der Waals surface area contributed by atoms with Crippen molar-refractivity contribution in [3.63, 3.8) is 0 Å². The minimum Gasteiger partial charge on any atom is -0.344 e. The maximum Gasteiger partial charge on any atom is 0.0487 e. The van der Waals surface area contributed by atoms with E-state index >= 15 is 0 Å². The monoisotopic (exact) mass is 423 g/mol. The van der Waals surface area contributed by atoms with Gasteiger partial charge >= 0.3 is 0 Å². The van der Waals surface area contributed by atoms with Crippen molar-refractivity contribution in [1.82, 2.24) is 0 Å². The van der Waals surface area contributed by atoms with Gasteiger partial charge < -0.3 is 4.90 Å². The van der Waals surface area contributed by atoms with E-state index < -0.39 is 0 Å². The van der Waals surface area contributed by atoms with Gasteiger partial charge in [0.15, 0.2) is 0 Å². The van der Waals surface area contributed by atoms with Crippen molar-refractivity contribution >= 4 is 11.4 Å². The maximum atomic E-state index is 2.27. The van der Waals surface area contributed by atoms with E-state index in [1.807, 2.05) is 0 Å². The number of fused-ring (bicyclic) bond motifs is 3. The fourth-order valence-corrected chi connectivity index (χ4v) is 5.06. The summed E-state index contributed by atoms with van der Waals surface area (Å²) < 4.78 is 0. The highest BCUT2D eigenvalue weighted by Gasteiger charge is 2.21. The summed E-state index contributed by atoms with van der Waals surface area (Å²) in [5.74, 6) is 0.